The number of hydrogen-bond donors (Lipinski definition) is 1. The van der Waals surface area contributed by atoms with Crippen LogP contribution in [0.2, 0.25) is 0 Å². The second-order valence-electron chi connectivity index (χ2n) is 5.13. The van der Waals surface area contributed by atoms with Crippen molar-refractivity contribution in [1.29, 1.82) is 0 Å². The van der Waals surface area contributed by atoms with Crippen LogP contribution in [0.4, 0.5) is 4.39 Å². The molecule has 1 aromatic heterocycles. The van der Waals surface area contributed by atoms with Gasteiger partial charge in [0.25, 0.3) is 0 Å². The van der Waals surface area contributed by atoms with Gasteiger partial charge >= 0.3 is 0 Å². The Labute approximate surface area is 117 Å². The fourth-order valence-corrected chi connectivity index (χ4v) is 2.48. The predicted molar refractivity (Wildman–Crippen MR) is 74.3 cm³/mol. The zero-order chi connectivity index (χ0) is 13.9. The van der Waals surface area contributed by atoms with Gasteiger partial charge in [-0.05, 0) is 24.3 Å². The lowest BCUT2D eigenvalue weighted by molar-refractivity contribution is 0.228. The fourth-order valence-electron chi connectivity index (χ4n) is 2.48. The maximum Gasteiger partial charge on any atom is 0.123 e. The first-order chi connectivity index (χ1) is 9.70. The lowest BCUT2D eigenvalue weighted by atomic mass is 10.1. The molecule has 2 heterocycles. The van der Waals surface area contributed by atoms with E-state index in [1.807, 2.05) is 19.3 Å². The van der Waals surface area contributed by atoms with E-state index in [9.17, 15) is 4.39 Å². The summed E-state index contributed by atoms with van der Waals surface area (Å²) in [4.78, 5) is 0. The number of benzene rings is 1. The number of nitrogens with one attached hydrogen (secondary N) is 1. The van der Waals surface area contributed by atoms with Crippen molar-refractivity contribution in [2.45, 2.75) is 18.9 Å². The van der Waals surface area contributed by atoms with Gasteiger partial charge in [0.2, 0.25) is 0 Å². The van der Waals surface area contributed by atoms with Crippen LogP contribution in [0.3, 0.4) is 0 Å². The van der Waals surface area contributed by atoms with Gasteiger partial charge in [-0.15, -0.1) is 0 Å². The normalized spacial score (nSPS) is 17.0. The van der Waals surface area contributed by atoms with E-state index in [0.29, 0.717) is 0 Å². The zero-order valence-electron chi connectivity index (χ0n) is 11.5. The van der Waals surface area contributed by atoms with Crippen molar-refractivity contribution in [1.82, 2.24) is 15.1 Å². The smallest absolute Gasteiger partial charge is 0.123 e. The van der Waals surface area contributed by atoms with Gasteiger partial charge in [0.1, 0.15) is 17.7 Å². The molecule has 1 aromatic carbocycles. The first-order valence-electron chi connectivity index (χ1n) is 6.85. The van der Waals surface area contributed by atoms with Crippen LogP contribution >= 0.6 is 0 Å². The second-order valence-corrected chi connectivity index (χ2v) is 5.13. The summed E-state index contributed by atoms with van der Waals surface area (Å²) < 4.78 is 20.7. The van der Waals surface area contributed by atoms with Crippen LogP contribution in [-0.2, 0) is 19.9 Å². The van der Waals surface area contributed by atoms with Crippen LogP contribution in [0.5, 0.6) is 5.75 Å². The fraction of sp³-hybridized carbons (Fsp3) is 0.400. The lowest BCUT2D eigenvalue weighted by Gasteiger charge is -2.11. The minimum atomic E-state index is -0.198. The summed E-state index contributed by atoms with van der Waals surface area (Å²) in [5.74, 6) is 0.610. The van der Waals surface area contributed by atoms with Gasteiger partial charge in [-0.1, -0.05) is 0 Å². The number of aryl methyl sites for hydroxylation is 1. The highest BCUT2D eigenvalue weighted by Gasteiger charge is 2.22. The number of nitrogens with zero attached hydrogens (tertiary/aromatic N) is 2. The summed E-state index contributed by atoms with van der Waals surface area (Å²) >= 11 is 0. The maximum atomic E-state index is 13.1. The van der Waals surface area contributed by atoms with E-state index >= 15 is 0 Å². The van der Waals surface area contributed by atoms with Gasteiger partial charge in [0.15, 0.2) is 0 Å². The molecule has 1 unspecified atom stereocenters. The molecule has 2 aromatic rings. The van der Waals surface area contributed by atoms with Gasteiger partial charge in [0, 0.05) is 44.7 Å². The Morgan fingerprint density at radius 2 is 2.35 bits per heavy atom. The number of rotatable bonds is 5. The van der Waals surface area contributed by atoms with Crippen molar-refractivity contribution in [3.8, 4) is 5.75 Å². The second kappa shape index (κ2) is 5.63. The standard InChI is InChI=1S/C15H18FN3O/c1-19-7-5-13(18-19)4-6-17-10-14-9-11-8-12(16)2-3-15(11)20-14/h2-3,5,7-8,14,17H,4,6,9-10H2,1H3. The van der Waals surface area contributed by atoms with Crippen LogP contribution in [0.1, 0.15) is 11.3 Å². The van der Waals surface area contributed by atoms with E-state index in [4.69, 9.17) is 4.74 Å². The van der Waals surface area contributed by atoms with Crippen molar-refractivity contribution in [3.05, 3.63) is 47.5 Å². The molecule has 3 rings (SSSR count). The predicted octanol–water partition coefficient (Wildman–Crippen LogP) is 1.69. The molecule has 0 radical (unpaired) electrons. The molecule has 0 saturated heterocycles. The van der Waals surface area contributed by atoms with Gasteiger partial charge in [-0.3, -0.25) is 4.68 Å². The Hall–Kier alpha value is -1.88. The number of hydrogen-bond acceptors (Lipinski definition) is 3. The summed E-state index contributed by atoms with van der Waals surface area (Å²) in [6, 6.07) is 6.73. The molecule has 106 valence electrons. The van der Waals surface area contributed by atoms with Crippen LogP contribution < -0.4 is 10.1 Å². The number of halogens is 1. The minimum absolute atomic E-state index is 0.0931. The third-order valence-corrected chi connectivity index (χ3v) is 3.46. The molecule has 0 bridgehead atoms. The van der Waals surface area contributed by atoms with Gasteiger partial charge in [0.05, 0.1) is 5.69 Å². The Balaban J connectivity index is 1.42. The molecule has 0 fully saturated rings. The summed E-state index contributed by atoms with van der Waals surface area (Å²) in [7, 11) is 1.92. The minimum Gasteiger partial charge on any atom is -0.488 e. The Morgan fingerprint density at radius 3 is 3.15 bits per heavy atom. The maximum absolute atomic E-state index is 13.1. The Kier molecular flexibility index (Phi) is 3.69. The van der Waals surface area contributed by atoms with Crippen molar-refractivity contribution in [2.24, 2.45) is 7.05 Å². The van der Waals surface area contributed by atoms with Crippen LogP contribution in [0, 0.1) is 5.82 Å². The van der Waals surface area contributed by atoms with Crippen molar-refractivity contribution in [2.75, 3.05) is 13.1 Å². The summed E-state index contributed by atoms with van der Waals surface area (Å²) in [6.07, 6.45) is 3.70. The molecule has 0 spiro atoms. The van der Waals surface area contributed by atoms with Crippen LogP contribution in [0.25, 0.3) is 0 Å². The molecule has 1 atom stereocenters. The Morgan fingerprint density at radius 1 is 1.45 bits per heavy atom. The van der Waals surface area contributed by atoms with E-state index < -0.39 is 0 Å². The van der Waals surface area contributed by atoms with Gasteiger partial charge < -0.3 is 10.1 Å². The van der Waals surface area contributed by atoms with Gasteiger partial charge in [-0.25, -0.2) is 4.39 Å². The summed E-state index contributed by atoms with van der Waals surface area (Å²) in [6.45, 7) is 1.63. The van der Waals surface area contributed by atoms with E-state index in [0.717, 1.165) is 42.9 Å². The van der Waals surface area contributed by atoms with Crippen LogP contribution in [0.15, 0.2) is 30.5 Å². The molecule has 5 heteroatoms. The first-order valence-corrected chi connectivity index (χ1v) is 6.85. The first kappa shape index (κ1) is 13.1. The number of fused-ring (bicyclic) bond motifs is 1. The van der Waals surface area contributed by atoms with E-state index in [-0.39, 0.29) is 11.9 Å². The third-order valence-electron chi connectivity index (χ3n) is 3.46. The summed E-state index contributed by atoms with van der Waals surface area (Å²) in [5, 5.41) is 7.69. The molecule has 0 saturated carbocycles. The highest BCUT2D eigenvalue weighted by molar-refractivity contribution is 5.37. The quantitative estimate of drug-likeness (QED) is 0.844. The van der Waals surface area contributed by atoms with E-state index in [1.165, 1.54) is 6.07 Å². The zero-order valence-corrected chi connectivity index (χ0v) is 11.5. The van der Waals surface area contributed by atoms with Gasteiger partial charge in [-0.2, -0.15) is 5.10 Å². The highest BCUT2D eigenvalue weighted by atomic mass is 19.1. The molecule has 4 nitrogen and oxygen atoms in total. The average molecular weight is 275 g/mol. The third kappa shape index (κ3) is 2.99. The topological polar surface area (TPSA) is 39.1 Å². The summed E-state index contributed by atoms with van der Waals surface area (Å²) in [5.41, 5.74) is 2.04. The largest absolute Gasteiger partial charge is 0.488 e. The molecular formula is C15H18FN3O. The molecule has 1 aliphatic rings. The molecule has 0 amide bonds. The van der Waals surface area contributed by atoms with Crippen molar-refractivity contribution < 1.29 is 9.13 Å². The number of aromatic nitrogens is 2. The molecule has 1 aliphatic heterocycles. The molecule has 1 N–H and O–H groups in total. The van der Waals surface area contributed by atoms with Crippen LogP contribution in [-0.4, -0.2) is 29.0 Å². The lowest BCUT2D eigenvalue weighted by Crippen LogP contribution is -2.31. The van der Waals surface area contributed by atoms with Crippen molar-refractivity contribution >= 4 is 0 Å². The number of ether oxygens (including phenoxy) is 1. The average Bonchev–Trinajstić information content (AvgIpc) is 3.00. The molecular weight excluding hydrogens is 257 g/mol. The monoisotopic (exact) mass is 275 g/mol. The molecule has 20 heavy (non-hydrogen) atoms. The SMILES string of the molecule is Cn1ccc(CCNCC2Cc3cc(F)ccc3O2)n1. The Bertz CT molecular complexity index is 597. The highest BCUT2D eigenvalue weighted by Crippen LogP contribution is 2.28. The van der Waals surface area contributed by atoms with E-state index in [2.05, 4.69) is 10.4 Å². The van der Waals surface area contributed by atoms with E-state index in [1.54, 1.807) is 16.8 Å². The van der Waals surface area contributed by atoms with Crippen molar-refractivity contribution in [3.63, 3.8) is 0 Å². The molecule has 0 aliphatic carbocycles.